The van der Waals surface area contributed by atoms with E-state index in [4.69, 9.17) is 23.2 Å². The Morgan fingerprint density at radius 3 is 2.36 bits per heavy atom. The van der Waals surface area contributed by atoms with Gasteiger partial charge >= 0.3 is 0 Å². The lowest BCUT2D eigenvalue weighted by Crippen LogP contribution is -2.54. The number of hydrogen-bond donors (Lipinski definition) is 2. The SMILES string of the molecule is CC(C)C(CO)N1C(=O)c2ccccc2[C@H](C(=O)NCCc2ccccc2)[C@H]1c1ccc(Cl)cc1Cl. The molecule has 0 saturated carbocycles. The normalized spacial score (nSPS) is 18.2. The van der Waals surface area contributed by atoms with Crippen LogP contribution in [0, 0.1) is 5.92 Å². The van der Waals surface area contributed by atoms with Gasteiger partial charge in [-0.3, -0.25) is 9.59 Å². The van der Waals surface area contributed by atoms with E-state index in [0.717, 1.165) is 5.56 Å². The third kappa shape index (κ3) is 5.29. The number of aliphatic hydroxyl groups is 1. The van der Waals surface area contributed by atoms with E-state index in [1.54, 1.807) is 35.2 Å². The van der Waals surface area contributed by atoms with Crippen LogP contribution in [0.4, 0.5) is 0 Å². The summed E-state index contributed by atoms with van der Waals surface area (Å²) in [6, 6.07) is 21.0. The molecule has 4 rings (SSSR count). The second-order valence-electron chi connectivity index (χ2n) is 9.41. The first-order chi connectivity index (χ1) is 17.3. The van der Waals surface area contributed by atoms with Gasteiger partial charge < -0.3 is 15.3 Å². The second-order valence-corrected chi connectivity index (χ2v) is 10.3. The summed E-state index contributed by atoms with van der Waals surface area (Å²) in [4.78, 5) is 29.4. The van der Waals surface area contributed by atoms with Gasteiger partial charge in [-0.1, -0.05) is 91.6 Å². The highest BCUT2D eigenvalue weighted by Crippen LogP contribution is 2.46. The van der Waals surface area contributed by atoms with Crippen LogP contribution in [0.15, 0.2) is 72.8 Å². The van der Waals surface area contributed by atoms with E-state index < -0.39 is 18.0 Å². The molecule has 1 unspecified atom stereocenters. The maximum atomic E-state index is 13.9. The molecular weight excluding hydrogens is 495 g/mol. The average molecular weight is 525 g/mol. The maximum Gasteiger partial charge on any atom is 0.255 e. The van der Waals surface area contributed by atoms with Crippen LogP contribution in [-0.4, -0.2) is 41.0 Å². The molecule has 3 aromatic rings. The first kappa shape index (κ1) is 26.2. The first-order valence-electron chi connectivity index (χ1n) is 12.1. The third-order valence-corrected chi connectivity index (χ3v) is 7.37. The smallest absolute Gasteiger partial charge is 0.255 e. The lowest BCUT2D eigenvalue weighted by atomic mass is 9.77. The van der Waals surface area contributed by atoms with E-state index in [1.807, 2.05) is 56.3 Å². The van der Waals surface area contributed by atoms with Gasteiger partial charge in [-0.2, -0.15) is 0 Å². The molecule has 0 radical (unpaired) electrons. The van der Waals surface area contributed by atoms with Gasteiger partial charge in [-0.15, -0.1) is 0 Å². The Labute approximate surface area is 222 Å². The number of nitrogens with one attached hydrogen (secondary N) is 1. The standard InChI is InChI=1S/C29H30Cl2N2O3/c1-18(2)25(17-34)33-27(23-13-12-20(30)16-24(23)31)26(21-10-6-7-11-22(21)29(33)36)28(35)32-15-14-19-8-4-3-5-9-19/h3-13,16,18,25-27,34H,14-15,17H2,1-2H3,(H,32,35)/t25?,26-,27+/m0/s1. The molecule has 7 heteroatoms. The maximum absolute atomic E-state index is 13.9. The topological polar surface area (TPSA) is 69.6 Å². The molecule has 0 aromatic heterocycles. The van der Waals surface area contributed by atoms with Crippen LogP contribution in [0.1, 0.15) is 52.9 Å². The fourth-order valence-corrected chi connectivity index (χ4v) is 5.50. The fraction of sp³-hybridized carbons (Fsp3) is 0.310. The van der Waals surface area contributed by atoms with Gasteiger partial charge in [0.25, 0.3) is 5.91 Å². The quantitative estimate of drug-likeness (QED) is 0.400. The van der Waals surface area contributed by atoms with Crippen molar-refractivity contribution in [1.82, 2.24) is 10.2 Å². The summed E-state index contributed by atoms with van der Waals surface area (Å²) >= 11 is 12.9. The van der Waals surface area contributed by atoms with E-state index in [1.165, 1.54) is 0 Å². The van der Waals surface area contributed by atoms with Gasteiger partial charge in [-0.25, -0.2) is 0 Å². The number of rotatable bonds is 8. The molecule has 1 aliphatic heterocycles. The monoisotopic (exact) mass is 524 g/mol. The van der Waals surface area contributed by atoms with Gasteiger partial charge in [0.05, 0.1) is 24.6 Å². The third-order valence-electron chi connectivity index (χ3n) is 6.81. The zero-order valence-corrected chi connectivity index (χ0v) is 21.8. The molecule has 0 aliphatic carbocycles. The zero-order valence-electron chi connectivity index (χ0n) is 20.3. The van der Waals surface area contributed by atoms with Crippen molar-refractivity contribution in [2.45, 2.75) is 38.3 Å². The highest BCUT2D eigenvalue weighted by molar-refractivity contribution is 6.35. The van der Waals surface area contributed by atoms with Gasteiger partial charge in [0.1, 0.15) is 0 Å². The summed E-state index contributed by atoms with van der Waals surface area (Å²) in [6.45, 7) is 4.11. The average Bonchev–Trinajstić information content (AvgIpc) is 2.86. The number of halogens is 2. The summed E-state index contributed by atoms with van der Waals surface area (Å²) in [6.07, 6.45) is 0.682. The summed E-state index contributed by atoms with van der Waals surface area (Å²) in [5, 5.41) is 14.3. The Bertz CT molecular complexity index is 1230. The summed E-state index contributed by atoms with van der Waals surface area (Å²) in [7, 11) is 0. The predicted molar refractivity (Wildman–Crippen MR) is 143 cm³/mol. The van der Waals surface area contributed by atoms with Gasteiger partial charge in [0.15, 0.2) is 0 Å². The minimum atomic E-state index is -0.721. The summed E-state index contributed by atoms with van der Waals surface area (Å²) < 4.78 is 0. The van der Waals surface area contributed by atoms with Crippen molar-refractivity contribution in [3.05, 3.63) is 105 Å². The number of benzene rings is 3. The molecule has 1 aliphatic rings. The fourth-order valence-electron chi connectivity index (χ4n) is 4.98. The summed E-state index contributed by atoms with van der Waals surface area (Å²) in [5.74, 6) is -1.21. The van der Waals surface area contributed by atoms with Crippen molar-refractivity contribution in [1.29, 1.82) is 0 Å². The van der Waals surface area contributed by atoms with E-state index in [2.05, 4.69) is 5.32 Å². The Hall–Kier alpha value is -2.86. The number of carbonyl (C=O) groups excluding carboxylic acids is 2. The molecule has 2 N–H and O–H groups in total. The number of aliphatic hydroxyl groups excluding tert-OH is 1. The predicted octanol–water partition coefficient (Wildman–Crippen LogP) is 5.65. The van der Waals surface area contributed by atoms with Crippen LogP contribution in [0.2, 0.25) is 10.0 Å². The van der Waals surface area contributed by atoms with Gasteiger partial charge in [0.2, 0.25) is 5.91 Å². The van der Waals surface area contributed by atoms with Crippen LogP contribution >= 0.6 is 23.2 Å². The lowest BCUT2D eigenvalue weighted by Gasteiger charge is -2.46. The molecule has 3 atom stereocenters. The highest BCUT2D eigenvalue weighted by Gasteiger charge is 2.47. The molecule has 0 spiro atoms. The Kier molecular flexibility index (Phi) is 8.35. The van der Waals surface area contributed by atoms with Crippen molar-refractivity contribution >= 4 is 35.0 Å². The minimum absolute atomic E-state index is 0.0559. The number of amides is 2. The van der Waals surface area contributed by atoms with Crippen molar-refractivity contribution in [3.8, 4) is 0 Å². The van der Waals surface area contributed by atoms with Crippen LogP contribution < -0.4 is 5.32 Å². The Balaban J connectivity index is 1.80. The molecule has 1 heterocycles. The van der Waals surface area contributed by atoms with Crippen LogP contribution in [0.5, 0.6) is 0 Å². The second kappa shape index (κ2) is 11.5. The minimum Gasteiger partial charge on any atom is -0.394 e. The zero-order chi connectivity index (χ0) is 25.8. The molecule has 0 fully saturated rings. The van der Waals surface area contributed by atoms with Crippen molar-refractivity contribution in [2.24, 2.45) is 5.92 Å². The Morgan fingerprint density at radius 1 is 1.00 bits per heavy atom. The van der Waals surface area contributed by atoms with Gasteiger partial charge in [-0.05, 0) is 47.2 Å². The molecule has 36 heavy (non-hydrogen) atoms. The molecule has 188 valence electrons. The number of nitrogens with zero attached hydrogens (tertiary/aromatic N) is 1. The summed E-state index contributed by atoms with van der Waals surface area (Å²) in [5.41, 5.74) is 2.84. The number of hydrogen-bond acceptors (Lipinski definition) is 3. The number of carbonyl (C=O) groups is 2. The van der Waals surface area contributed by atoms with E-state index in [0.29, 0.717) is 39.7 Å². The van der Waals surface area contributed by atoms with Crippen molar-refractivity contribution in [3.63, 3.8) is 0 Å². The van der Waals surface area contributed by atoms with E-state index in [9.17, 15) is 14.7 Å². The van der Waals surface area contributed by atoms with E-state index >= 15 is 0 Å². The van der Waals surface area contributed by atoms with Crippen molar-refractivity contribution < 1.29 is 14.7 Å². The number of fused-ring (bicyclic) bond motifs is 1. The highest BCUT2D eigenvalue weighted by atomic mass is 35.5. The van der Waals surface area contributed by atoms with Crippen LogP contribution in [0.3, 0.4) is 0 Å². The van der Waals surface area contributed by atoms with Crippen LogP contribution in [-0.2, 0) is 11.2 Å². The molecular formula is C29H30Cl2N2O3. The lowest BCUT2D eigenvalue weighted by molar-refractivity contribution is -0.124. The molecule has 3 aromatic carbocycles. The largest absolute Gasteiger partial charge is 0.394 e. The van der Waals surface area contributed by atoms with Crippen LogP contribution in [0.25, 0.3) is 0 Å². The first-order valence-corrected chi connectivity index (χ1v) is 12.9. The Morgan fingerprint density at radius 2 is 1.69 bits per heavy atom. The molecule has 0 bridgehead atoms. The molecule has 2 amide bonds. The molecule has 5 nitrogen and oxygen atoms in total. The van der Waals surface area contributed by atoms with E-state index in [-0.39, 0.29) is 24.3 Å². The van der Waals surface area contributed by atoms with Gasteiger partial charge in [0, 0.05) is 22.2 Å². The van der Waals surface area contributed by atoms with Crippen molar-refractivity contribution in [2.75, 3.05) is 13.2 Å². The molecule has 0 saturated heterocycles.